The Balaban J connectivity index is 5.63. The van der Waals surface area contributed by atoms with Gasteiger partial charge in [-0.1, -0.05) is 69.2 Å². The first-order valence-electron chi connectivity index (χ1n) is 12.1. The molecule has 0 heterocycles. The normalized spacial score (nSPS) is 17.7. The van der Waals surface area contributed by atoms with Gasteiger partial charge in [-0.05, 0) is 36.3 Å². The summed E-state index contributed by atoms with van der Waals surface area (Å²) in [5.74, 6) is 0.112. The van der Waals surface area contributed by atoms with Crippen LogP contribution in [0.5, 0.6) is 0 Å². The summed E-state index contributed by atoms with van der Waals surface area (Å²) < 4.78 is 13.5. The van der Waals surface area contributed by atoms with E-state index >= 15 is 0 Å². The van der Waals surface area contributed by atoms with Crippen LogP contribution in [0.1, 0.15) is 75.7 Å². The van der Waals surface area contributed by atoms with E-state index in [4.69, 9.17) is 8.85 Å². The van der Waals surface area contributed by atoms with Crippen LogP contribution >= 0.6 is 0 Å². The molecule has 180 valence electrons. The Kier molecular flexibility index (Phi) is 12.3. The minimum atomic E-state index is -1.87. The maximum absolute atomic E-state index is 12.3. The average molecular weight is 461 g/mol. The van der Waals surface area contributed by atoms with Gasteiger partial charge in [0.15, 0.2) is 16.6 Å². The summed E-state index contributed by atoms with van der Waals surface area (Å²) >= 11 is 0. The Labute approximate surface area is 189 Å². The Bertz CT molecular complexity index is 502. The summed E-state index contributed by atoms with van der Waals surface area (Å²) in [6.45, 7) is 26.7. The zero-order valence-electron chi connectivity index (χ0n) is 22.1. The number of carbonyl (C=O) groups is 1. The fourth-order valence-electron chi connectivity index (χ4n) is 3.53. The van der Waals surface area contributed by atoms with Crippen LogP contribution in [-0.4, -0.2) is 46.3 Å². The van der Waals surface area contributed by atoms with Crippen molar-refractivity contribution in [3.05, 3.63) is 0 Å². The van der Waals surface area contributed by atoms with Crippen LogP contribution in [0.2, 0.25) is 36.3 Å². The van der Waals surface area contributed by atoms with Crippen LogP contribution < -0.4 is 0 Å². The van der Waals surface area contributed by atoms with Crippen LogP contribution in [0.3, 0.4) is 0 Å². The van der Waals surface area contributed by atoms with Gasteiger partial charge >= 0.3 is 0 Å². The van der Waals surface area contributed by atoms with Gasteiger partial charge in [0.05, 0.1) is 12.2 Å². The molecule has 0 radical (unpaired) electrons. The van der Waals surface area contributed by atoms with E-state index in [1.165, 1.54) is 0 Å². The largest absolute Gasteiger partial charge is 0.416 e. The molecule has 0 aliphatic heterocycles. The molecular weight excluding hydrogens is 408 g/mol. The molecule has 4 nitrogen and oxygen atoms in total. The summed E-state index contributed by atoms with van der Waals surface area (Å²) in [6, 6.07) is 3.21. The van der Waals surface area contributed by atoms with Gasteiger partial charge in [-0.3, -0.25) is 4.79 Å². The van der Waals surface area contributed by atoms with E-state index in [0.29, 0.717) is 6.61 Å². The van der Waals surface area contributed by atoms with E-state index in [2.05, 4.69) is 61.6 Å². The monoisotopic (exact) mass is 460 g/mol. The van der Waals surface area contributed by atoms with Gasteiger partial charge in [0.2, 0.25) is 0 Å². The van der Waals surface area contributed by atoms with Gasteiger partial charge in [-0.25, -0.2) is 0 Å². The van der Waals surface area contributed by atoms with Crippen LogP contribution in [0.4, 0.5) is 0 Å². The number of aliphatic hydroxyl groups is 1. The number of ketones is 1. The van der Waals surface area contributed by atoms with Crippen molar-refractivity contribution in [3.8, 4) is 0 Å². The molecule has 1 N–H and O–H groups in total. The fraction of sp³-hybridized carbons (Fsp3) is 0.958. The molecule has 30 heavy (non-hydrogen) atoms. The van der Waals surface area contributed by atoms with E-state index in [0.717, 1.165) is 18.1 Å². The molecule has 0 aliphatic rings. The molecule has 0 saturated heterocycles. The van der Waals surface area contributed by atoms with Gasteiger partial charge < -0.3 is 14.0 Å². The number of carbonyl (C=O) groups excluding carboxylic acids is 1. The number of rotatable bonds is 14. The molecule has 6 heteroatoms. The minimum absolute atomic E-state index is 0.0547. The van der Waals surface area contributed by atoms with Gasteiger partial charge in [-0.2, -0.15) is 0 Å². The first kappa shape index (κ1) is 30.0. The molecular formula is C24H52O4Si2. The highest BCUT2D eigenvalue weighted by Crippen LogP contribution is 2.38. The van der Waals surface area contributed by atoms with E-state index in [-0.39, 0.29) is 41.1 Å². The molecule has 0 aromatic rings. The maximum Gasteiger partial charge on any atom is 0.192 e. The Morgan fingerprint density at radius 2 is 1.43 bits per heavy atom. The topological polar surface area (TPSA) is 55.8 Å². The Hall–Kier alpha value is -0.0162. The molecule has 0 saturated carbocycles. The van der Waals surface area contributed by atoms with Crippen molar-refractivity contribution in [1.29, 1.82) is 0 Å². The second-order valence-corrected chi connectivity index (χ2v) is 20.7. The summed E-state index contributed by atoms with van der Waals surface area (Å²) in [5.41, 5.74) is 0. The predicted molar refractivity (Wildman–Crippen MR) is 134 cm³/mol. The van der Waals surface area contributed by atoms with E-state index < -0.39 is 22.7 Å². The van der Waals surface area contributed by atoms with Crippen molar-refractivity contribution in [2.45, 2.75) is 124 Å². The number of hydrogen-bond donors (Lipinski definition) is 1. The van der Waals surface area contributed by atoms with Crippen molar-refractivity contribution >= 4 is 22.4 Å². The Morgan fingerprint density at radius 3 is 1.80 bits per heavy atom. The number of aliphatic hydroxyl groups excluding tert-OH is 1. The molecule has 0 aromatic carbocycles. The highest BCUT2D eigenvalue weighted by molar-refractivity contribution is 6.74. The lowest BCUT2D eigenvalue weighted by Crippen LogP contribution is -2.49. The molecule has 0 unspecified atom stereocenters. The van der Waals surface area contributed by atoms with Crippen LogP contribution in [-0.2, 0) is 13.6 Å². The van der Waals surface area contributed by atoms with Crippen molar-refractivity contribution in [2.24, 2.45) is 17.8 Å². The molecule has 0 bridgehead atoms. The molecule has 0 fully saturated rings. The quantitative estimate of drug-likeness (QED) is 0.295. The van der Waals surface area contributed by atoms with E-state index in [9.17, 15) is 9.90 Å². The molecule has 0 aromatic heterocycles. The van der Waals surface area contributed by atoms with Crippen LogP contribution in [0.15, 0.2) is 0 Å². The van der Waals surface area contributed by atoms with Crippen molar-refractivity contribution in [1.82, 2.24) is 0 Å². The predicted octanol–water partition coefficient (Wildman–Crippen LogP) is 6.65. The molecule has 4 atom stereocenters. The number of hydrogen-bond acceptors (Lipinski definition) is 4. The summed E-state index contributed by atoms with van der Waals surface area (Å²) in [5, 5.41) is 11.1. The minimum Gasteiger partial charge on any atom is -0.416 e. The zero-order valence-corrected chi connectivity index (χ0v) is 24.1. The fourth-order valence-corrected chi connectivity index (χ4v) is 7.67. The zero-order chi connectivity index (χ0) is 23.9. The number of Topliss-reactive ketones (excluding diaryl/α,β-unsaturated/α-hetero) is 1. The van der Waals surface area contributed by atoms with Crippen LogP contribution in [0, 0.1) is 17.8 Å². The third-order valence-corrected chi connectivity index (χ3v) is 16.7. The maximum atomic E-state index is 12.3. The lowest BCUT2D eigenvalue weighted by molar-refractivity contribution is -0.125. The van der Waals surface area contributed by atoms with Crippen molar-refractivity contribution in [3.63, 3.8) is 0 Å². The van der Waals surface area contributed by atoms with Crippen LogP contribution in [0.25, 0.3) is 0 Å². The highest BCUT2D eigenvalue weighted by atomic mass is 28.4. The first-order chi connectivity index (χ1) is 13.6. The SMILES string of the molecule is CC[Si](CC)(CC)O[C@@H]([C@@H](C)[C@H](O)CC(=O)C(C)C)[C@@H](C)CO[Si](C)(C)C(C)(C)C. The standard InChI is InChI=1S/C24H52O4Si2/c1-13-30(14-2,15-3)28-23(20(7)22(26)16-21(25)18(4)5)19(6)17-27-29(11,12)24(8,9)10/h18-20,22-23,26H,13-17H2,1-12H3/t19-,20-,22+,23+/m0/s1. The van der Waals surface area contributed by atoms with Gasteiger partial charge in [-0.15, -0.1) is 0 Å². The average Bonchev–Trinajstić information content (AvgIpc) is 2.66. The highest BCUT2D eigenvalue weighted by Gasteiger charge is 2.41. The first-order valence-corrected chi connectivity index (χ1v) is 17.5. The van der Waals surface area contributed by atoms with Crippen molar-refractivity contribution in [2.75, 3.05) is 6.61 Å². The Morgan fingerprint density at radius 1 is 0.967 bits per heavy atom. The van der Waals surface area contributed by atoms with Gasteiger partial charge in [0, 0.05) is 30.8 Å². The van der Waals surface area contributed by atoms with Gasteiger partial charge in [0.25, 0.3) is 0 Å². The lowest BCUT2D eigenvalue weighted by atomic mass is 9.86. The lowest BCUT2D eigenvalue weighted by Gasteiger charge is -2.42. The molecule has 0 rings (SSSR count). The second kappa shape index (κ2) is 12.3. The molecule has 0 spiro atoms. The summed E-state index contributed by atoms with van der Waals surface area (Å²) in [4.78, 5) is 12.3. The molecule has 0 aliphatic carbocycles. The third-order valence-electron chi connectivity index (χ3n) is 7.57. The molecule has 0 amide bonds. The smallest absolute Gasteiger partial charge is 0.192 e. The van der Waals surface area contributed by atoms with Gasteiger partial charge in [0.1, 0.15) is 5.78 Å². The van der Waals surface area contributed by atoms with E-state index in [1.54, 1.807) is 0 Å². The van der Waals surface area contributed by atoms with Crippen molar-refractivity contribution < 1.29 is 18.8 Å². The third kappa shape index (κ3) is 8.49. The summed E-state index contributed by atoms with van der Waals surface area (Å²) in [7, 11) is -3.73. The summed E-state index contributed by atoms with van der Waals surface area (Å²) in [6.07, 6.45) is -0.582. The van der Waals surface area contributed by atoms with E-state index in [1.807, 2.05) is 20.8 Å². The second-order valence-electron chi connectivity index (χ2n) is 11.1.